The lowest BCUT2D eigenvalue weighted by Crippen LogP contribution is -2.37. The van der Waals surface area contributed by atoms with E-state index in [1.807, 2.05) is 0 Å². The summed E-state index contributed by atoms with van der Waals surface area (Å²) < 4.78 is 29.7. The molecule has 0 aliphatic heterocycles. The van der Waals surface area contributed by atoms with Crippen molar-refractivity contribution in [3.8, 4) is 5.75 Å². The Bertz CT molecular complexity index is 441. The van der Waals surface area contributed by atoms with Gasteiger partial charge in [-0.2, -0.15) is 0 Å². The third kappa shape index (κ3) is 4.36. The average molecular weight is 274 g/mol. The fourth-order valence-corrected chi connectivity index (χ4v) is 1.61. The monoisotopic (exact) mass is 274 g/mol. The summed E-state index contributed by atoms with van der Waals surface area (Å²) in [6.07, 6.45) is -2.67. The van der Waals surface area contributed by atoms with Gasteiger partial charge in [0.2, 0.25) is 0 Å². The van der Waals surface area contributed by atoms with E-state index in [1.165, 1.54) is 25.3 Å². The van der Waals surface area contributed by atoms with Crippen LogP contribution in [-0.2, 0) is 0 Å². The number of amides is 1. The average Bonchev–Trinajstić information content (AvgIpc) is 2.36. The molecule has 0 bridgehead atoms. The number of ether oxygens (including phenoxy) is 1. The molecular weight excluding hydrogens is 258 g/mol. The number of carbonyl (C=O) groups excluding carboxylic acids is 1. The Morgan fingerprint density at radius 3 is 2.68 bits per heavy atom. The van der Waals surface area contributed by atoms with Crippen LogP contribution in [0.1, 0.15) is 10.4 Å². The molecule has 0 atom stereocenters. The van der Waals surface area contributed by atoms with Gasteiger partial charge in [0.1, 0.15) is 5.75 Å². The first kappa shape index (κ1) is 15.2. The van der Waals surface area contributed by atoms with E-state index in [-0.39, 0.29) is 12.1 Å². The minimum Gasteiger partial charge on any atom is -0.497 e. The van der Waals surface area contributed by atoms with E-state index in [0.717, 1.165) is 4.90 Å². The highest BCUT2D eigenvalue weighted by molar-refractivity contribution is 5.95. The number of halogens is 2. The van der Waals surface area contributed by atoms with Crippen molar-refractivity contribution in [2.75, 3.05) is 32.5 Å². The number of alkyl halides is 2. The molecule has 7 heteroatoms. The molecule has 0 heterocycles. The van der Waals surface area contributed by atoms with Gasteiger partial charge in [-0.3, -0.25) is 4.79 Å². The molecule has 0 aliphatic carbocycles. The van der Waals surface area contributed by atoms with E-state index in [1.54, 1.807) is 0 Å². The summed E-state index contributed by atoms with van der Waals surface area (Å²) in [6, 6.07) is 4.30. The highest BCUT2D eigenvalue weighted by atomic mass is 19.3. The number of hydrogen-bond acceptors (Lipinski definition) is 4. The van der Waals surface area contributed by atoms with Gasteiger partial charge in [-0.15, -0.1) is 0 Å². The van der Waals surface area contributed by atoms with E-state index >= 15 is 0 Å². The number of benzene rings is 1. The second-order valence-electron chi connectivity index (χ2n) is 3.86. The Morgan fingerprint density at radius 1 is 1.47 bits per heavy atom. The van der Waals surface area contributed by atoms with Crippen molar-refractivity contribution < 1.29 is 23.4 Å². The number of nitrogens with two attached hydrogens (primary N) is 1. The van der Waals surface area contributed by atoms with Gasteiger partial charge in [0.05, 0.1) is 20.3 Å². The summed E-state index contributed by atoms with van der Waals surface area (Å²) >= 11 is 0. The van der Waals surface area contributed by atoms with Crippen LogP contribution < -0.4 is 10.5 Å². The number of anilines is 1. The first-order valence-corrected chi connectivity index (χ1v) is 5.60. The minimum absolute atomic E-state index is 0.144. The summed E-state index contributed by atoms with van der Waals surface area (Å²) in [5.41, 5.74) is 6.04. The molecule has 0 aliphatic rings. The number of nitrogen functional groups attached to an aromatic ring is 1. The van der Waals surface area contributed by atoms with Crippen LogP contribution in [0.5, 0.6) is 5.75 Å². The smallest absolute Gasteiger partial charge is 0.255 e. The van der Waals surface area contributed by atoms with Gasteiger partial charge in [0.25, 0.3) is 12.3 Å². The van der Waals surface area contributed by atoms with Crippen molar-refractivity contribution in [3.63, 3.8) is 0 Å². The molecule has 19 heavy (non-hydrogen) atoms. The second-order valence-corrected chi connectivity index (χ2v) is 3.86. The first-order valence-electron chi connectivity index (χ1n) is 5.60. The summed E-state index contributed by atoms with van der Waals surface area (Å²) in [5.74, 6) is -0.260. The zero-order valence-corrected chi connectivity index (χ0v) is 10.5. The van der Waals surface area contributed by atoms with Crippen LogP contribution in [0.25, 0.3) is 0 Å². The normalized spacial score (nSPS) is 10.6. The quantitative estimate of drug-likeness (QED) is 0.758. The van der Waals surface area contributed by atoms with Gasteiger partial charge >= 0.3 is 0 Å². The fraction of sp³-hybridized carbons (Fsp3) is 0.417. The molecule has 0 aromatic heterocycles. The Morgan fingerprint density at radius 2 is 2.16 bits per heavy atom. The number of aliphatic hydroxyl groups excluding tert-OH is 1. The van der Waals surface area contributed by atoms with Crippen molar-refractivity contribution in [3.05, 3.63) is 23.8 Å². The van der Waals surface area contributed by atoms with Crippen molar-refractivity contribution >= 4 is 11.6 Å². The third-order valence-corrected chi connectivity index (χ3v) is 2.43. The summed E-state index contributed by atoms with van der Waals surface area (Å²) in [4.78, 5) is 12.9. The van der Waals surface area contributed by atoms with Gasteiger partial charge in [0.15, 0.2) is 0 Å². The van der Waals surface area contributed by atoms with Crippen molar-refractivity contribution in [2.45, 2.75) is 6.43 Å². The van der Waals surface area contributed by atoms with Crippen LogP contribution >= 0.6 is 0 Å². The van der Waals surface area contributed by atoms with Crippen LogP contribution in [0.2, 0.25) is 0 Å². The largest absolute Gasteiger partial charge is 0.497 e. The van der Waals surface area contributed by atoms with E-state index in [4.69, 9.17) is 15.6 Å². The van der Waals surface area contributed by atoms with Crippen LogP contribution in [0.4, 0.5) is 14.5 Å². The fourth-order valence-electron chi connectivity index (χ4n) is 1.61. The lowest BCUT2D eigenvalue weighted by Gasteiger charge is -2.21. The highest BCUT2D eigenvalue weighted by Crippen LogP contribution is 2.20. The number of aliphatic hydroxyl groups is 1. The molecule has 0 radical (unpaired) electrons. The second kappa shape index (κ2) is 6.89. The summed E-state index contributed by atoms with van der Waals surface area (Å²) in [5, 5.41) is 8.81. The molecule has 5 nitrogen and oxygen atoms in total. The molecule has 106 valence electrons. The topological polar surface area (TPSA) is 75.8 Å². The summed E-state index contributed by atoms with van der Waals surface area (Å²) in [6.45, 7) is -1.30. The van der Waals surface area contributed by atoms with Gasteiger partial charge in [-0.1, -0.05) is 0 Å². The van der Waals surface area contributed by atoms with Crippen molar-refractivity contribution in [1.29, 1.82) is 0 Å². The number of nitrogens with zero attached hydrogens (tertiary/aromatic N) is 1. The van der Waals surface area contributed by atoms with Crippen LogP contribution in [0.3, 0.4) is 0 Å². The van der Waals surface area contributed by atoms with E-state index in [2.05, 4.69) is 0 Å². The van der Waals surface area contributed by atoms with Crippen molar-refractivity contribution in [1.82, 2.24) is 4.90 Å². The van der Waals surface area contributed by atoms with Crippen LogP contribution in [0, 0.1) is 0 Å². The zero-order chi connectivity index (χ0) is 14.4. The number of rotatable bonds is 6. The SMILES string of the molecule is COc1cc(N)cc(C(=O)N(CCO)CC(F)F)c1. The maximum atomic E-state index is 12.4. The Balaban J connectivity index is 2.98. The highest BCUT2D eigenvalue weighted by Gasteiger charge is 2.20. The minimum atomic E-state index is -2.67. The Hall–Kier alpha value is -1.89. The number of hydrogen-bond donors (Lipinski definition) is 2. The lowest BCUT2D eigenvalue weighted by atomic mass is 10.1. The number of methoxy groups -OCH3 is 1. The molecule has 0 saturated carbocycles. The van der Waals surface area contributed by atoms with Gasteiger partial charge in [-0.25, -0.2) is 8.78 Å². The van der Waals surface area contributed by atoms with Gasteiger partial charge in [0, 0.05) is 23.9 Å². The maximum Gasteiger partial charge on any atom is 0.255 e. The molecular formula is C12H16F2N2O3. The van der Waals surface area contributed by atoms with Crippen LogP contribution in [-0.4, -0.2) is 49.1 Å². The predicted octanol–water partition coefficient (Wildman–Crippen LogP) is 0.977. The molecule has 0 unspecified atom stereocenters. The molecule has 1 amide bonds. The van der Waals surface area contributed by atoms with E-state index in [0.29, 0.717) is 11.4 Å². The number of carbonyl (C=O) groups is 1. The summed E-state index contributed by atoms with van der Waals surface area (Å²) in [7, 11) is 1.41. The van der Waals surface area contributed by atoms with E-state index < -0.39 is 25.5 Å². The predicted molar refractivity (Wildman–Crippen MR) is 66.4 cm³/mol. The molecule has 1 rings (SSSR count). The maximum absolute atomic E-state index is 12.4. The zero-order valence-electron chi connectivity index (χ0n) is 10.5. The first-order chi connectivity index (χ1) is 8.97. The third-order valence-electron chi connectivity index (χ3n) is 2.43. The standard InChI is InChI=1S/C12H16F2N2O3/c1-19-10-5-8(4-9(15)6-10)12(18)16(2-3-17)7-11(13)14/h4-6,11,17H,2-3,7,15H2,1H3. The molecule has 3 N–H and O–H groups in total. The molecule has 0 fully saturated rings. The molecule has 1 aromatic rings. The van der Waals surface area contributed by atoms with Gasteiger partial charge in [-0.05, 0) is 12.1 Å². The Kier molecular flexibility index (Phi) is 5.50. The molecule has 0 saturated heterocycles. The van der Waals surface area contributed by atoms with Crippen LogP contribution in [0.15, 0.2) is 18.2 Å². The lowest BCUT2D eigenvalue weighted by molar-refractivity contribution is 0.0509. The van der Waals surface area contributed by atoms with E-state index in [9.17, 15) is 13.6 Å². The molecule has 0 spiro atoms. The van der Waals surface area contributed by atoms with Crippen molar-refractivity contribution in [2.24, 2.45) is 0 Å². The molecule has 1 aromatic carbocycles. The van der Waals surface area contributed by atoms with Gasteiger partial charge < -0.3 is 20.5 Å². The Labute approximate surface area is 109 Å².